The van der Waals surface area contributed by atoms with Crippen molar-refractivity contribution in [3.05, 3.63) is 33.9 Å². The van der Waals surface area contributed by atoms with Crippen LogP contribution in [0.1, 0.15) is 37.0 Å². The Labute approximate surface area is 147 Å². The number of nitro groups is 1. The highest BCUT2D eigenvalue weighted by atomic mass is 16.6. The van der Waals surface area contributed by atoms with Gasteiger partial charge in [0.2, 0.25) is 0 Å². The number of amides is 1. The first-order valence-electron chi connectivity index (χ1n) is 8.78. The molecule has 25 heavy (non-hydrogen) atoms. The number of hydrogen-bond donors (Lipinski definition) is 0. The normalized spacial score (nSPS) is 20.4. The minimum atomic E-state index is -0.382. The van der Waals surface area contributed by atoms with Crippen molar-refractivity contribution in [3.8, 4) is 0 Å². The standard InChI is InChI=1S/C18H25N3O4/c1-18(2)6-3-7-20(13-18)15-5-4-14(12-16(15)21(23)24)17(22)19-8-10-25-11-9-19/h4-5,12H,3,6-11,13H2,1-2H3. The summed E-state index contributed by atoms with van der Waals surface area (Å²) < 4.78 is 5.26. The van der Waals surface area contributed by atoms with E-state index in [0.717, 1.165) is 25.9 Å². The third-order valence-corrected chi connectivity index (χ3v) is 4.96. The predicted octanol–water partition coefficient (Wildman–Crippen LogP) is 2.69. The van der Waals surface area contributed by atoms with Crippen molar-refractivity contribution in [3.63, 3.8) is 0 Å². The second-order valence-corrected chi connectivity index (χ2v) is 7.55. The smallest absolute Gasteiger partial charge is 0.293 e. The quantitative estimate of drug-likeness (QED) is 0.621. The summed E-state index contributed by atoms with van der Waals surface area (Å²) in [6.07, 6.45) is 2.13. The van der Waals surface area contributed by atoms with Gasteiger partial charge in [-0.3, -0.25) is 14.9 Å². The SMILES string of the molecule is CC1(C)CCCN(c2ccc(C(=O)N3CCOCC3)cc2[N+](=O)[O-])C1. The van der Waals surface area contributed by atoms with Crippen LogP contribution in [0.3, 0.4) is 0 Å². The highest BCUT2D eigenvalue weighted by molar-refractivity contribution is 5.96. The van der Waals surface area contributed by atoms with Crippen molar-refractivity contribution in [2.24, 2.45) is 5.41 Å². The molecule has 2 heterocycles. The van der Waals surface area contributed by atoms with Crippen LogP contribution in [-0.4, -0.2) is 55.1 Å². The van der Waals surface area contributed by atoms with Gasteiger partial charge in [-0.2, -0.15) is 0 Å². The lowest BCUT2D eigenvalue weighted by Gasteiger charge is -2.39. The Morgan fingerprint density at radius 1 is 1.24 bits per heavy atom. The van der Waals surface area contributed by atoms with Crippen LogP contribution in [-0.2, 0) is 4.74 Å². The van der Waals surface area contributed by atoms with Crippen LogP contribution in [0.5, 0.6) is 0 Å². The fourth-order valence-electron chi connectivity index (χ4n) is 3.65. The number of nitro benzene ring substituents is 1. The van der Waals surface area contributed by atoms with Crippen LogP contribution < -0.4 is 4.90 Å². The fraction of sp³-hybridized carbons (Fsp3) is 0.611. The molecule has 0 spiro atoms. The summed E-state index contributed by atoms with van der Waals surface area (Å²) in [6, 6.07) is 4.86. The molecule has 0 saturated carbocycles. The van der Waals surface area contributed by atoms with Gasteiger partial charge in [-0.15, -0.1) is 0 Å². The number of carbonyl (C=O) groups is 1. The van der Waals surface area contributed by atoms with E-state index in [-0.39, 0.29) is 21.9 Å². The lowest BCUT2D eigenvalue weighted by Crippen LogP contribution is -2.41. The molecule has 1 aromatic carbocycles. The zero-order chi connectivity index (χ0) is 18.0. The van der Waals surface area contributed by atoms with E-state index in [1.54, 1.807) is 17.0 Å². The van der Waals surface area contributed by atoms with Crippen molar-refractivity contribution in [2.45, 2.75) is 26.7 Å². The van der Waals surface area contributed by atoms with Gasteiger partial charge in [0.25, 0.3) is 11.6 Å². The summed E-state index contributed by atoms with van der Waals surface area (Å²) in [6.45, 7) is 8.02. The van der Waals surface area contributed by atoms with E-state index in [9.17, 15) is 14.9 Å². The van der Waals surface area contributed by atoms with E-state index >= 15 is 0 Å². The number of benzene rings is 1. The summed E-state index contributed by atoms with van der Waals surface area (Å²) in [5, 5.41) is 11.6. The zero-order valence-electron chi connectivity index (χ0n) is 14.9. The number of anilines is 1. The molecule has 7 heteroatoms. The third kappa shape index (κ3) is 3.92. The fourth-order valence-corrected chi connectivity index (χ4v) is 3.65. The molecule has 136 valence electrons. The van der Waals surface area contributed by atoms with E-state index in [1.807, 2.05) is 0 Å². The zero-order valence-corrected chi connectivity index (χ0v) is 14.9. The van der Waals surface area contributed by atoms with Gasteiger partial charge in [-0.1, -0.05) is 13.8 Å². The molecule has 0 N–H and O–H groups in total. The average molecular weight is 347 g/mol. The summed E-state index contributed by atoms with van der Waals surface area (Å²) in [4.78, 5) is 27.6. The average Bonchev–Trinajstić information content (AvgIpc) is 2.60. The van der Waals surface area contributed by atoms with Gasteiger partial charge in [0.1, 0.15) is 5.69 Å². The molecular weight excluding hydrogens is 322 g/mol. The molecule has 0 aliphatic carbocycles. The van der Waals surface area contributed by atoms with E-state index in [1.165, 1.54) is 6.07 Å². The number of rotatable bonds is 3. The first-order valence-corrected chi connectivity index (χ1v) is 8.78. The Morgan fingerprint density at radius 3 is 2.60 bits per heavy atom. The predicted molar refractivity (Wildman–Crippen MR) is 95.0 cm³/mol. The highest BCUT2D eigenvalue weighted by Crippen LogP contribution is 2.36. The molecule has 0 radical (unpaired) electrons. The number of morpholine rings is 1. The van der Waals surface area contributed by atoms with E-state index < -0.39 is 0 Å². The van der Waals surface area contributed by atoms with Gasteiger partial charge < -0.3 is 14.5 Å². The molecule has 0 bridgehead atoms. The second kappa shape index (κ2) is 7.00. The minimum Gasteiger partial charge on any atom is -0.378 e. The first kappa shape index (κ1) is 17.7. The highest BCUT2D eigenvalue weighted by Gasteiger charge is 2.31. The second-order valence-electron chi connectivity index (χ2n) is 7.55. The Bertz CT molecular complexity index is 668. The maximum Gasteiger partial charge on any atom is 0.293 e. The Hall–Kier alpha value is -2.15. The molecule has 0 atom stereocenters. The maximum absolute atomic E-state index is 12.6. The van der Waals surface area contributed by atoms with Gasteiger partial charge in [0, 0.05) is 37.8 Å². The van der Waals surface area contributed by atoms with E-state index in [2.05, 4.69) is 18.7 Å². The maximum atomic E-state index is 12.6. The summed E-state index contributed by atoms with van der Waals surface area (Å²) in [7, 11) is 0. The van der Waals surface area contributed by atoms with Gasteiger partial charge in [-0.05, 0) is 30.4 Å². The molecule has 7 nitrogen and oxygen atoms in total. The number of carbonyl (C=O) groups excluding carboxylic acids is 1. The van der Waals surface area contributed by atoms with Crippen LogP contribution >= 0.6 is 0 Å². The largest absolute Gasteiger partial charge is 0.378 e. The van der Waals surface area contributed by atoms with Gasteiger partial charge in [-0.25, -0.2) is 0 Å². The summed E-state index contributed by atoms with van der Waals surface area (Å²) in [5.41, 5.74) is 1.12. The number of nitrogens with zero attached hydrogens (tertiary/aromatic N) is 3. The molecule has 0 unspecified atom stereocenters. The Balaban J connectivity index is 1.88. The molecule has 3 rings (SSSR count). The lowest BCUT2D eigenvalue weighted by atomic mass is 9.84. The Kier molecular flexibility index (Phi) is 4.94. The van der Waals surface area contributed by atoms with Gasteiger partial charge >= 0.3 is 0 Å². The molecular formula is C18H25N3O4. The first-order chi connectivity index (χ1) is 11.9. The van der Waals surface area contributed by atoms with Crippen molar-refractivity contribution < 1.29 is 14.5 Å². The van der Waals surface area contributed by atoms with Crippen LogP contribution in [0.15, 0.2) is 18.2 Å². The number of hydrogen-bond acceptors (Lipinski definition) is 5. The van der Waals surface area contributed by atoms with Gasteiger partial charge in [0.15, 0.2) is 0 Å². The molecule has 2 saturated heterocycles. The molecule has 2 aliphatic rings. The monoisotopic (exact) mass is 347 g/mol. The van der Waals surface area contributed by atoms with Crippen LogP contribution in [0.4, 0.5) is 11.4 Å². The van der Waals surface area contributed by atoms with Crippen LogP contribution in [0.25, 0.3) is 0 Å². The summed E-state index contributed by atoms with van der Waals surface area (Å²) >= 11 is 0. The molecule has 1 amide bonds. The minimum absolute atomic E-state index is 0.0109. The number of piperidine rings is 1. The van der Waals surface area contributed by atoms with Crippen molar-refractivity contribution in [1.82, 2.24) is 4.90 Å². The molecule has 2 fully saturated rings. The van der Waals surface area contributed by atoms with Crippen molar-refractivity contribution in [2.75, 3.05) is 44.3 Å². The van der Waals surface area contributed by atoms with Crippen LogP contribution in [0, 0.1) is 15.5 Å². The number of ether oxygens (including phenoxy) is 1. The van der Waals surface area contributed by atoms with Crippen molar-refractivity contribution >= 4 is 17.3 Å². The molecule has 2 aliphatic heterocycles. The Morgan fingerprint density at radius 2 is 1.96 bits per heavy atom. The summed E-state index contributed by atoms with van der Waals surface area (Å²) in [5.74, 6) is -0.170. The van der Waals surface area contributed by atoms with E-state index in [4.69, 9.17) is 4.74 Å². The third-order valence-electron chi connectivity index (χ3n) is 4.96. The molecule has 0 aromatic heterocycles. The lowest BCUT2D eigenvalue weighted by molar-refractivity contribution is -0.384. The topological polar surface area (TPSA) is 75.9 Å². The van der Waals surface area contributed by atoms with E-state index in [0.29, 0.717) is 37.6 Å². The molecule has 1 aromatic rings. The van der Waals surface area contributed by atoms with Gasteiger partial charge in [0.05, 0.1) is 18.1 Å². The van der Waals surface area contributed by atoms with Crippen molar-refractivity contribution in [1.29, 1.82) is 0 Å². The van der Waals surface area contributed by atoms with Crippen LogP contribution in [0.2, 0.25) is 0 Å².